The highest BCUT2D eigenvalue weighted by molar-refractivity contribution is 5.84. The number of hydrogen-bond donors (Lipinski definition) is 1. The Morgan fingerprint density at radius 1 is 1.00 bits per heavy atom. The molecule has 3 aromatic carbocycles. The van der Waals surface area contributed by atoms with E-state index in [2.05, 4.69) is 43.4 Å². The van der Waals surface area contributed by atoms with Crippen molar-refractivity contribution in [2.75, 3.05) is 0 Å². The van der Waals surface area contributed by atoms with Crippen LogP contribution in [0.5, 0.6) is 5.75 Å². The monoisotopic (exact) mass is 361 g/mol. The largest absolute Gasteiger partial charge is 0.481 e. The predicted octanol–water partition coefficient (Wildman–Crippen LogP) is 5.49. The van der Waals surface area contributed by atoms with Gasteiger partial charge in [0.2, 0.25) is 0 Å². The summed E-state index contributed by atoms with van der Waals surface area (Å²) in [4.78, 5) is 12.8. The lowest BCUT2D eigenvalue weighted by Gasteiger charge is -2.22. The maximum absolute atomic E-state index is 12.8. The summed E-state index contributed by atoms with van der Waals surface area (Å²) < 4.78 is 6.01. The van der Waals surface area contributed by atoms with Crippen molar-refractivity contribution in [2.24, 2.45) is 0 Å². The van der Waals surface area contributed by atoms with Crippen LogP contribution in [0, 0.1) is 13.8 Å². The summed E-state index contributed by atoms with van der Waals surface area (Å²) in [6.45, 7) is 8.12. The van der Waals surface area contributed by atoms with Crippen molar-refractivity contribution in [1.29, 1.82) is 0 Å². The number of hydrogen-bond acceptors (Lipinski definition) is 2. The van der Waals surface area contributed by atoms with Crippen LogP contribution < -0.4 is 10.1 Å². The molecule has 0 aliphatic carbocycles. The molecular weight excluding hydrogens is 334 g/mol. The third kappa shape index (κ3) is 4.48. The summed E-state index contributed by atoms with van der Waals surface area (Å²) in [7, 11) is 0. The SMILES string of the molecule is CCC(Oc1ccc2ccccc2c1)C(=O)NC(C)c1cc(C)ccc1C. The zero-order valence-corrected chi connectivity index (χ0v) is 16.5. The molecule has 0 fully saturated rings. The van der Waals surface area contributed by atoms with Gasteiger partial charge in [-0.15, -0.1) is 0 Å². The van der Waals surface area contributed by atoms with Crippen molar-refractivity contribution in [2.45, 2.75) is 46.3 Å². The minimum Gasteiger partial charge on any atom is -0.481 e. The Morgan fingerprint density at radius 3 is 2.48 bits per heavy atom. The minimum atomic E-state index is -0.515. The second-order valence-corrected chi connectivity index (χ2v) is 7.11. The number of amides is 1. The molecule has 1 N–H and O–H groups in total. The molecule has 0 saturated carbocycles. The fraction of sp³-hybridized carbons (Fsp3) is 0.292. The molecule has 0 bridgehead atoms. The molecule has 0 aliphatic rings. The fourth-order valence-electron chi connectivity index (χ4n) is 3.34. The van der Waals surface area contributed by atoms with Crippen LogP contribution in [-0.2, 0) is 4.79 Å². The summed E-state index contributed by atoms with van der Waals surface area (Å²) >= 11 is 0. The number of benzene rings is 3. The first-order valence-corrected chi connectivity index (χ1v) is 9.51. The van der Waals surface area contributed by atoms with Crippen molar-refractivity contribution in [3.63, 3.8) is 0 Å². The van der Waals surface area contributed by atoms with Crippen LogP contribution in [0.3, 0.4) is 0 Å². The molecule has 2 atom stereocenters. The first-order chi connectivity index (χ1) is 13.0. The Kier molecular flexibility index (Phi) is 5.80. The van der Waals surface area contributed by atoms with E-state index in [1.807, 2.05) is 50.2 Å². The van der Waals surface area contributed by atoms with Gasteiger partial charge in [-0.05, 0) is 61.2 Å². The number of ether oxygens (including phenoxy) is 1. The van der Waals surface area contributed by atoms with E-state index in [1.54, 1.807) is 0 Å². The summed E-state index contributed by atoms with van der Waals surface area (Å²) in [5.74, 6) is 0.633. The number of aryl methyl sites for hydroxylation is 2. The van der Waals surface area contributed by atoms with Crippen LogP contribution in [0.25, 0.3) is 10.8 Å². The standard InChI is InChI=1S/C24H27NO2/c1-5-23(27-21-13-12-19-8-6-7-9-20(19)15-21)24(26)25-18(4)22-14-16(2)10-11-17(22)3/h6-15,18,23H,5H2,1-4H3,(H,25,26). The third-order valence-electron chi connectivity index (χ3n) is 4.92. The van der Waals surface area contributed by atoms with E-state index in [4.69, 9.17) is 4.74 Å². The molecule has 0 radical (unpaired) electrons. The normalized spacial score (nSPS) is 13.2. The zero-order valence-electron chi connectivity index (χ0n) is 16.5. The Labute approximate surface area is 161 Å². The van der Waals surface area contributed by atoms with Gasteiger partial charge in [0.05, 0.1) is 6.04 Å². The van der Waals surface area contributed by atoms with Crippen LogP contribution in [0.1, 0.15) is 43.0 Å². The molecule has 2 unspecified atom stereocenters. The number of carbonyl (C=O) groups is 1. The van der Waals surface area contributed by atoms with E-state index >= 15 is 0 Å². The molecule has 3 heteroatoms. The molecule has 0 aromatic heterocycles. The van der Waals surface area contributed by atoms with Gasteiger partial charge in [-0.25, -0.2) is 0 Å². The highest BCUT2D eigenvalue weighted by atomic mass is 16.5. The Bertz CT molecular complexity index is 948. The predicted molar refractivity (Wildman–Crippen MR) is 111 cm³/mol. The number of nitrogens with one attached hydrogen (secondary N) is 1. The fourth-order valence-corrected chi connectivity index (χ4v) is 3.34. The Balaban J connectivity index is 1.72. The van der Waals surface area contributed by atoms with Gasteiger partial charge < -0.3 is 10.1 Å². The third-order valence-corrected chi connectivity index (χ3v) is 4.92. The average molecular weight is 361 g/mol. The summed E-state index contributed by atoms with van der Waals surface area (Å²) in [6.07, 6.45) is 0.0942. The smallest absolute Gasteiger partial charge is 0.261 e. The summed E-state index contributed by atoms with van der Waals surface area (Å²) in [6, 6.07) is 20.3. The van der Waals surface area contributed by atoms with Crippen LogP contribution in [-0.4, -0.2) is 12.0 Å². The second kappa shape index (κ2) is 8.26. The van der Waals surface area contributed by atoms with Gasteiger partial charge in [-0.2, -0.15) is 0 Å². The van der Waals surface area contributed by atoms with E-state index in [0.29, 0.717) is 6.42 Å². The van der Waals surface area contributed by atoms with Crippen molar-refractivity contribution in [3.05, 3.63) is 77.4 Å². The molecule has 140 valence electrons. The van der Waals surface area contributed by atoms with Crippen LogP contribution in [0.4, 0.5) is 0 Å². The highest BCUT2D eigenvalue weighted by Gasteiger charge is 2.21. The van der Waals surface area contributed by atoms with Gasteiger partial charge in [-0.1, -0.05) is 61.0 Å². The lowest BCUT2D eigenvalue weighted by atomic mass is 10.00. The zero-order chi connectivity index (χ0) is 19.4. The molecule has 0 saturated heterocycles. The minimum absolute atomic E-state index is 0.0633. The first-order valence-electron chi connectivity index (χ1n) is 9.51. The maximum Gasteiger partial charge on any atom is 0.261 e. The first kappa shape index (κ1) is 19.0. The lowest BCUT2D eigenvalue weighted by Crippen LogP contribution is -2.39. The van der Waals surface area contributed by atoms with Crippen molar-refractivity contribution >= 4 is 16.7 Å². The van der Waals surface area contributed by atoms with Gasteiger partial charge in [0.25, 0.3) is 5.91 Å². The number of carbonyl (C=O) groups excluding carboxylic acids is 1. The lowest BCUT2D eigenvalue weighted by molar-refractivity contribution is -0.128. The van der Waals surface area contributed by atoms with Crippen molar-refractivity contribution < 1.29 is 9.53 Å². The highest BCUT2D eigenvalue weighted by Crippen LogP contribution is 2.23. The molecule has 27 heavy (non-hydrogen) atoms. The molecule has 1 amide bonds. The average Bonchev–Trinajstić information content (AvgIpc) is 2.67. The Hall–Kier alpha value is -2.81. The summed E-state index contributed by atoms with van der Waals surface area (Å²) in [5.41, 5.74) is 3.51. The molecule has 3 aromatic rings. The Morgan fingerprint density at radius 2 is 1.74 bits per heavy atom. The van der Waals surface area contributed by atoms with Crippen molar-refractivity contribution in [1.82, 2.24) is 5.32 Å². The topological polar surface area (TPSA) is 38.3 Å². The molecule has 3 nitrogen and oxygen atoms in total. The van der Waals surface area contributed by atoms with Gasteiger partial charge in [-0.3, -0.25) is 4.79 Å². The second-order valence-electron chi connectivity index (χ2n) is 7.11. The van der Waals surface area contributed by atoms with Crippen molar-refractivity contribution in [3.8, 4) is 5.75 Å². The van der Waals surface area contributed by atoms with Gasteiger partial charge in [0.1, 0.15) is 5.75 Å². The van der Waals surface area contributed by atoms with E-state index in [1.165, 1.54) is 11.1 Å². The molecule has 0 spiro atoms. The molecular formula is C24H27NO2. The van der Waals surface area contributed by atoms with E-state index in [0.717, 1.165) is 22.1 Å². The number of fused-ring (bicyclic) bond motifs is 1. The van der Waals surface area contributed by atoms with Crippen LogP contribution in [0.15, 0.2) is 60.7 Å². The maximum atomic E-state index is 12.8. The van der Waals surface area contributed by atoms with E-state index in [-0.39, 0.29) is 11.9 Å². The van der Waals surface area contributed by atoms with E-state index in [9.17, 15) is 4.79 Å². The quantitative estimate of drug-likeness (QED) is 0.630. The van der Waals surface area contributed by atoms with Gasteiger partial charge in [0, 0.05) is 0 Å². The van der Waals surface area contributed by atoms with E-state index < -0.39 is 6.10 Å². The molecule has 0 heterocycles. The molecule has 0 aliphatic heterocycles. The number of rotatable bonds is 6. The van der Waals surface area contributed by atoms with Gasteiger partial charge in [0.15, 0.2) is 6.10 Å². The summed E-state index contributed by atoms with van der Waals surface area (Å²) in [5, 5.41) is 5.37. The van der Waals surface area contributed by atoms with Crippen LogP contribution in [0.2, 0.25) is 0 Å². The molecule has 3 rings (SSSR count). The van der Waals surface area contributed by atoms with Crippen LogP contribution >= 0.6 is 0 Å². The van der Waals surface area contributed by atoms with Gasteiger partial charge >= 0.3 is 0 Å².